The topological polar surface area (TPSA) is 41.1 Å². The molecule has 5 heteroatoms. The zero-order chi connectivity index (χ0) is 17.9. The fourth-order valence-electron chi connectivity index (χ4n) is 3.45. The van der Waals surface area contributed by atoms with Crippen LogP contribution in [0.15, 0.2) is 60.8 Å². The quantitative estimate of drug-likeness (QED) is 0.701. The summed E-state index contributed by atoms with van der Waals surface area (Å²) in [6, 6.07) is 18.8. The number of hydrogen-bond donors (Lipinski definition) is 1. The van der Waals surface area contributed by atoms with Gasteiger partial charge in [0.05, 0.1) is 0 Å². The lowest BCUT2D eigenvalue weighted by molar-refractivity contribution is 0.749. The van der Waals surface area contributed by atoms with Gasteiger partial charge in [-0.1, -0.05) is 41.9 Å². The molecule has 0 radical (unpaired) electrons. The van der Waals surface area contributed by atoms with Gasteiger partial charge in [-0.25, -0.2) is 4.98 Å². The maximum absolute atomic E-state index is 5.93. The van der Waals surface area contributed by atoms with Gasteiger partial charge < -0.3 is 10.2 Å². The zero-order valence-corrected chi connectivity index (χ0v) is 15.4. The van der Waals surface area contributed by atoms with Crippen molar-refractivity contribution in [3.05, 3.63) is 76.9 Å². The van der Waals surface area contributed by atoms with E-state index in [4.69, 9.17) is 16.6 Å². The molecule has 132 valence electrons. The van der Waals surface area contributed by atoms with Crippen LogP contribution >= 0.6 is 11.6 Å². The van der Waals surface area contributed by atoms with Gasteiger partial charge >= 0.3 is 0 Å². The van der Waals surface area contributed by atoms with Crippen molar-refractivity contribution >= 4 is 29.1 Å². The van der Waals surface area contributed by atoms with E-state index in [0.717, 1.165) is 30.2 Å². The Labute approximate surface area is 158 Å². The molecule has 0 amide bonds. The summed E-state index contributed by atoms with van der Waals surface area (Å²) >= 11 is 5.93. The smallest absolute Gasteiger partial charge is 0.224 e. The highest BCUT2D eigenvalue weighted by Gasteiger charge is 2.27. The van der Waals surface area contributed by atoms with E-state index in [-0.39, 0.29) is 0 Å². The van der Waals surface area contributed by atoms with Gasteiger partial charge in [-0.3, -0.25) is 0 Å². The molecule has 2 heterocycles. The van der Waals surface area contributed by atoms with Gasteiger partial charge in [0, 0.05) is 29.5 Å². The number of nitrogens with one attached hydrogen (secondary N) is 1. The second kappa shape index (κ2) is 7.34. The molecule has 4 rings (SSSR count). The van der Waals surface area contributed by atoms with E-state index in [1.54, 1.807) is 0 Å². The summed E-state index contributed by atoms with van der Waals surface area (Å²) in [6.45, 7) is 3.01. The first-order valence-corrected chi connectivity index (χ1v) is 9.27. The predicted octanol–water partition coefficient (Wildman–Crippen LogP) is 4.87. The Morgan fingerprint density at radius 3 is 2.77 bits per heavy atom. The molecule has 0 aliphatic carbocycles. The number of benzene rings is 2. The molecule has 0 bridgehead atoms. The first kappa shape index (κ1) is 16.9. The van der Waals surface area contributed by atoms with Crippen LogP contribution in [0.3, 0.4) is 0 Å². The Bertz CT molecular complexity index is 895. The first-order chi connectivity index (χ1) is 12.7. The average Bonchev–Trinajstić information content (AvgIpc) is 2.99. The number of hydrogen-bond acceptors (Lipinski definition) is 4. The first-order valence-electron chi connectivity index (χ1n) is 8.89. The SMILES string of the molecule is CC1Cc2ccccc2N1c1ccnc(NCCc2ccc(Cl)cc2)n1. The molecule has 2 aromatic carbocycles. The summed E-state index contributed by atoms with van der Waals surface area (Å²) in [7, 11) is 0. The van der Waals surface area contributed by atoms with Gasteiger partial charge in [-0.15, -0.1) is 0 Å². The average molecular weight is 365 g/mol. The molecule has 3 aromatic rings. The molecule has 1 aliphatic heterocycles. The third-order valence-electron chi connectivity index (χ3n) is 4.70. The van der Waals surface area contributed by atoms with Crippen molar-refractivity contribution in [1.29, 1.82) is 0 Å². The minimum Gasteiger partial charge on any atom is -0.354 e. The summed E-state index contributed by atoms with van der Waals surface area (Å²) in [6.07, 6.45) is 3.76. The summed E-state index contributed by atoms with van der Waals surface area (Å²) < 4.78 is 0. The second-order valence-corrected chi connectivity index (χ2v) is 7.03. The van der Waals surface area contributed by atoms with Crippen LogP contribution in [0, 0.1) is 0 Å². The van der Waals surface area contributed by atoms with E-state index in [9.17, 15) is 0 Å². The van der Waals surface area contributed by atoms with Crippen LogP contribution in [-0.4, -0.2) is 22.6 Å². The Hall–Kier alpha value is -2.59. The molecule has 4 nitrogen and oxygen atoms in total. The van der Waals surface area contributed by atoms with Gasteiger partial charge in [-0.05, 0) is 55.2 Å². The Morgan fingerprint density at radius 1 is 1.12 bits per heavy atom. The molecular formula is C21H21ClN4. The van der Waals surface area contributed by atoms with E-state index >= 15 is 0 Å². The standard InChI is InChI=1S/C21H21ClN4/c1-15-14-17-4-2-3-5-19(17)26(15)20-11-13-24-21(25-20)23-12-10-16-6-8-18(22)9-7-16/h2-9,11,13,15H,10,12,14H2,1H3,(H,23,24,25). The van der Waals surface area contributed by atoms with Gasteiger partial charge in [0.15, 0.2) is 0 Å². The molecular weight excluding hydrogens is 344 g/mol. The van der Waals surface area contributed by atoms with E-state index in [2.05, 4.69) is 46.4 Å². The van der Waals surface area contributed by atoms with E-state index < -0.39 is 0 Å². The Balaban J connectivity index is 1.46. The molecule has 0 spiro atoms. The van der Waals surface area contributed by atoms with Crippen molar-refractivity contribution < 1.29 is 0 Å². The number of anilines is 3. The molecule has 1 N–H and O–H groups in total. The normalized spacial score (nSPS) is 15.8. The van der Waals surface area contributed by atoms with Crippen molar-refractivity contribution in [2.75, 3.05) is 16.8 Å². The monoisotopic (exact) mass is 364 g/mol. The number of fused-ring (bicyclic) bond motifs is 1. The van der Waals surface area contributed by atoms with Crippen molar-refractivity contribution in [3.63, 3.8) is 0 Å². The summed E-state index contributed by atoms with van der Waals surface area (Å²) in [5, 5.41) is 4.09. The lowest BCUT2D eigenvalue weighted by atomic mass is 10.1. The van der Waals surface area contributed by atoms with Crippen molar-refractivity contribution in [2.24, 2.45) is 0 Å². The summed E-state index contributed by atoms with van der Waals surface area (Å²) in [4.78, 5) is 11.4. The van der Waals surface area contributed by atoms with Crippen LogP contribution in [-0.2, 0) is 12.8 Å². The molecule has 1 atom stereocenters. The number of rotatable bonds is 5. The van der Waals surface area contributed by atoms with Crippen molar-refractivity contribution in [3.8, 4) is 0 Å². The van der Waals surface area contributed by atoms with Crippen molar-refractivity contribution in [1.82, 2.24) is 9.97 Å². The molecule has 1 aromatic heterocycles. The van der Waals surface area contributed by atoms with Gasteiger partial charge in [-0.2, -0.15) is 4.98 Å². The highest BCUT2D eigenvalue weighted by Crippen LogP contribution is 2.37. The molecule has 0 saturated heterocycles. The maximum atomic E-state index is 5.93. The molecule has 0 fully saturated rings. The predicted molar refractivity (Wildman–Crippen MR) is 107 cm³/mol. The number of halogens is 1. The number of nitrogens with zero attached hydrogens (tertiary/aromatic N) is 3. The lowest BCUT2D eigenvalue weighted by Crippen LogP contribution is -2.25. The zero-order valence-electron chi connectivity index (χ0n) is 14.7. The van der Waals surface area contributed by atoms with Crippen LogP contribution in [0.25, 0.3) is 0 Å². The van der Waals surface area contributed by atoms with Gasteiger partial charge in [0.2, 0.25) is 5.95 Å². The van der Waals surface area contributed by atoms with Crippen LogP contribution < -0.4 is 10.2 Å². The Kier molecular flexibility index (Phi) is 4.76. The fourth-order valence-corrected chi connectivity index (χ4v) is 3.58. The molecule has 1 aliphatic rings. The highest BCUT2D eigenvalue weighted by atomic mass is 35.5. The van der Waals surface area contributed by atoms with Crippen LogP contribution in [0.5, 0.6) is 0 Å². The van der Waals surface area contributed by atoms with Crippen LogP contribution in [0.4, 0.5) is 17.5 Å². The maximum Gasteiger partial charge on any atom is 0.224 e. The minimum absolute atomic E-state index is 0.393. The fraction of sp³-hybridized carbons (Fsp3) is 0.238. The van der Waals surface area contributed by atoms with Crippen LogP contribution in [0.1, 0.15) is 18.1 Å². The molecule has 0 saturated carbocycles. The number of aromatic nitrogens is 2. The Morgan fingerprint density at radius 2 is 1.92 bits per heavy atom. The molecule has 1 unspecified atom stereocenters. The summed E-state index contributed by atoms with van der Waals surface area (Å²) in [5.41, 5.74) is 3.85. The van der Waals surface area contributed by atoms with E-state index in [0.29, 0.717) is 12.0 Å². The second-order valence-electron chi connectivity index (χ2n) is 6.59. The number of para-hydroxylation sites is 1. The minimum atomic E-state index is 0.393. The summed E-state index contributed by atoms with van der Waals surface area (Å²) in [5.74, 6) is 1.60. The third kappa shape index (κ3) is 3.51. The van der Waals surface area contributed by atoms with E-state index in [1.165, 1.54) is 16.8 Å². The van der Waals surface area contributed by atoms with E-state index in [1.807, 2.05) is 36.5 Å². The van der Waals surface area contributed by atoms with Crippen molar-refractivity contribution in [2.45, 2.75) is 25.8 Å². The lowest BCUT2D eigenvalue weighted by Gasteiger charge is -2.24. The largest absolute Gasteiger partial charge is 0.354 e. The third-order valence-corrected chi connectivity index (χ3v) is 4.96. The van der Waals surface area contributed by atoms with Gasteiger partial charge in [0.25, 0.3) is 0 Å². The molecule has 26 heavy (non-hydrogen) atoms. The highest BCUT2D eigenvalue weighted by molar-refractivity contribution is 6.30. The van der Waals surface area contributed by atoms with Gasteiger partial charge in [0.1, 0.15) is 5.82 Å². The van der Waals surface area contributed by atoms with Crippen LogP contribution in [0.2, 0.25) is 5.02 Å².